The van der Waals surface area contributed by atoms with Gasteiger partial charge < -0.3 is 5.11 Å². The number of carboxylic acids is 1. The normalized spacial score (nSPS) is 14.2. The van der Waals surface area contributed by atoms with Crippen molar-refractivity contribution < 1.29 is 9.90 Å². The molecule has 2 heteroatoms. The van der Waals surface area contributed by atoms with Gasteiger partial charge in [0.2, 0.25) is 0 Å². The van der Waals surface area contributed by atoms with Crippen molar-refractivity contribution in [2.75, 3.05) is 0 Å². The van der Waals surface area contributed by atoms with Crippen molar-refractivity contribution >= 4 is 5.97 Å². The summed E-state index contributed by atoms with van der Waals surface area (Å²) >= 11 is 0. The molecule has 2 unspecified atom stereocenters. The van der Waals surface area contributed by atoms with Crippen molar-refractivity contribution in [1.29, 1.82) is 0 Å². The van der Waals surface area contributed by atoms with E-state index in [0.717, 1.165) is 19.3 Å². The summed E-state index contributed by atoms with van der Waals surface area (Å²) in [5.41, 5.74) is 1.34. The van der Waals surface area contributed by atoms with Crippen LogP contribution in [0.25, 0.3) is 0 Å². The average Bonchev–Trinajstić information content (AvgIpc) is 2.31. The van der Waals surface area contributed by atoms with Crippen molar-refractivity contribution in [3.63, 3.8) is 0 Å². The van der Waals surface area contributed by atoms with Crippen molar-refractivity contribution in [3.8, 4) is 0 Å². The summed E-state index contributed by atoms with van der Waals surface area (Å²) in [5, 5.41) is 8.92. The van der Waals surface area contributed by atoms with Gasteiger partial charge >= 0.3 is 5.97 Å². The van der Waals surface area contributed by atoms with E-state index in [1.807, 2.05) is 19.1 Å². The van der Waals surface area contributed by atoms with Gasteiger partial charge in [-0.2, -0.15) is 0 Å². The van der Waals surface area contributed by atoms with Crippen molar-refractivity contribution in [3.05, 3.63) is 36.5 Å². The predicted octanol–water partition coefficient (Wildman–Crippen LogP) is 4.59. The van der Waals surface area contributed by atoms with Crippen LogP contribution in [0.5, 0.6) is 0 Å². The lowest BCUT2D eigenvalue weighted by Crippen LogP contribution is -2.09. The minimum Gasteiger partial charge on any atom is -0.481 e. The molecule has 0 rings (SSSR count). The molecular weight excluding hydrogens is 224 g/mol. The zero-order valence-corrected chi connectivity index (χ0v) is 11.9. The molecule has 0 saturated carbocycles. The molecule has 1 N–H and O–H groups in total. The second-order valence-corrected chi connectivity index (χ2v) is 4.87. The highest BCUT2D eigenvalue weighted by atomic mass is 16.4. The standard InChI is InChI=1S/C16H26O2/c1-5-14(10-7-9-13(3)4)11-8-12-15(6-2)16(17)18/h5,8-9,12,14-15H,1,6-7,10-11H2,2-4H3,(H,17,18)/b12-8+. The number of aliphatic carboxylic acids is 1. The molecule has 2 atom stereocenters. The van der Waals surface area contributed by atoms with Crippen LogP contribution in [0.1, 0.15) is 46.5 Å². The zero-order valence-electron chi connectivity index (χ0n) is 11.9. The summed E-state index contributed by atoms with van der Waals surface area (Å²) in [6, 6.07) is 0. The van der Waals surface area contributed by atoms with Gasteiger partial charge in [-0.15, -0.1) is 6.58 Å². The van der Waals surface area contributed by atoms with E-state index >= 15 is 0 Å². The third kappa shape index (κ3) is 7.88. The topological polar surface area (TPSA) is 37.3 Å². The Morgan fingerprint density at radius 1 is 1.39 bits per heavy atom. The maximum absolute atomic E-state index is 10.8. The van der Waals surface area contributed by atoms with Crippen LogP contribution in [-0.4, -0.2) is 11.1 Å². The Morgan fingerprint density at radius 3 is 2.50 bits per heavy atom. The lowest BCUT2D eigenvalue weighted by molar-refractivity contribution is -0.140. The van der Waals surface area contributed by atoms with Crippen LogP contribution in [0.2, 0.25) is 0 Å². The number of hydrogen-bond acceptors (Lipinski definition) is 1. The van der Waals surface area contributed by atoms with E-state index in [-0.39, 0.29) is 5.92 Å². The molecule has 0 spiro atoms. The minimum absolute atomic E-state index is 0.353. The molecular formula is C16H26O2. The van der Waals surface area contributed by atoms with Crippen LogP contribution < -0.4 is 0 Å². The predicted molar refractivity (Wildman–Crippen MR) is 77.5 cm³/mol. The van der Waals surface area contributed by atoms with Gasteiger partial charge in [0, 0.05) is 0 Å². The second kappa shape index (κ2) is 9.69. The highest BCUT2D eigenvalue weighted by molar-refractivity contribution is 5.71. The fraction of sp³-hybridized carbons (Fsp3) is 0.562. The van der Waals surface area contributed by atoms with Gasteiger partial charge in [-0.05, 0) is 45.4 Å². The molecule has 0 aliphatic rings. The lowest BCUT2D eigenvalue weighted by Gasteiger charge is -2.09. The number of carbonyl (C=O) groups is 1. The fourth-order valence-electron chi connectivity index (χ4n) is 1.73. The summed E-state index contributed by atoms with van der Waals surface area (Å²) in [6.45, 7) is 9.93. The van der Waals surface area contributed by atoms with Crippen LogP contribution in [0.4, 0.5) is 0 Å². The monoisotopic (exact) mass is 250 g/mol. The molecule has 0 aliphatic heterocycles. The fourth-order valence-corrected chi connectivity index (χ4v) is 1.73. The van der Waals surface area contributed by atoms with E-state index in [2.05, 4.69) is 26.5 Å². The number of rotatable bonds is 9. The number of allylic oxidation sites excluding steroid dienone is 4. The van der Waals surface area contributed by atoms with Crippen LogP contribution in [0.3, 0.4) is 0 Å². The van der Waals surface area contributed by atoms with Gasteiger partial charge in [-0.25, -0.2) is 0 Å². The smallest absolute Gasteiger partial charge is 0.310 e. The zero-order chi connectivity index (χ0) is 14.0. The molecule has 0 fully saturated rings. The van der Waals surface area contributed by atoms with Crippen molar-refractivity contribution in [2.45, 2.75) is 46.5 Å². The van der Waals surface area contributed by atoms with E-state index < -0.39 is 5.97 Å². The van der Waals surface area contributed by atoms with Gasteiger partial charge in [0.1, 0.15) is 0 Å². The Kier molecular flexibility index (Phi) is 8.99. The molecule has 0 aromatic carbocycles. The van der Waals surface area contributed by atoms with Crippen LogP contribution in [0, 0.1) is 11.8 Å². The molecule has 102 valence electrons. The Hall–Kier alpha value is -1.31. The molecule has 0 bridgehead atoms. The molecule has 0 aromatic rings. The van der Waals surface area contributed by atoms with Crippen LogP contribution in [0.15, 0.2) is 36.5 Å². The second-order valence-electron chi connectivity index (χ2n) is 4.87. The SMILES string of the molecule is C=CC(C/C=C/C(CC)C(=O)O)CCC=C(C)C. The number of hydrogen-bond donors (Lipinski definition) is 1. The first-order valence-corrected chi connectivity index (χ1v) is 6.66. The maximum atomic E-state index is 10.8. The summed E-state index contributed by atoms with van der Waals surface area (Å²) in [6.07, 6.45) is 11.6. The first-order chi connectivity index (χ1) is 8.51. The molecule has 0 amide bonds. The van der Waals surface area contributed by atoms with E-state index in [1.165, 1.54) is 5.57 Å². The van der Waals surface area contributed by atoms with Gasteiger partial charge in [-0.1, -0.05) is 36.8 Å². The van der Waals surface area contributed by atoms with Gasteiger partial charge in [0.05, 0.1) is 5.92 Å². The van der Waals surface area contributed by atoms with Crippen molar-refractivity contribution in [1.82, 2.24) is 0 Å². The van der Waals surface area contributed by atoms with Crippen LogP contribution in [-0.2, 0) is 4.79 Å². The molecule has 18 heavy (non-hydrogen) atoms. The first kappa shape index (κ1) is 16.7. The Bertz CT molecular complexity index is 309. The highest BCUT2D eigenvalue weighted by Gasteiger charge is 2.10. The first-order valence-electron chi connectivity index (χ1n) is 6.66. The number of carboxylic acid groups (broad SMARTS) is 1. The van der Waals surface area contributed by atoms with E-state index in [1.54, 1.807) is 6.08 Å². The molecule has 0 aromatic heterocycles. The molecule has 0 saturated heterocycles. The molecule has 0 radical (unpaired) electrons. The Labute approximate surface area is 111 Å². The maximum Gasteiger partial charge on any atom is 0.310 e. The van der Waals surface area contributed by atoms with Gasteiger partial charge in [0.25, 0.3) is 0 Å². The van der Waals surface area contributed by atoms with Crippen LogP contribution >= 0.6 is 0 Å². The highest BCUT2D eigenvalue weighted by Crippen LogP contribution is 2.15. The summed E-state index contributed by atoms with van der Waals surface area (Å²) < 4.78 is 0. The van der Waals surface area contributed by atoms with Gasteiger partial charge in [0.15, 0.2) is 0 Å². The third-order valence-electron chi connectivity index (χ3n) is 2.99. The van der Waals surface area contributed by atoms with Crippen molar-refractivity contribution in [2.24, 2.45) is 11.8 Å². The largest absolute Gasteiger partial charge is 0.481 e. The summed E-state index contributed by atoms with van der Waals surface area (Å²) in [7, 11) is 0. The van der Waals surface area contributed by atoms with Gasteiger partial charge in [-0.3, -0.25) is 4.79 Å². The average molecular weight is 250 g/mol. The minimum atomic E-state index is -0.742. The van der Waals surface area contributed by atoms with E-state index in [0.29, 0.717) is 12.3 Å². The summed E-state index contributed by atoms with van der Waals surface area (Å²) in [4.78, 5) is 10.8. The molecule has 2 nitrogen and oxygen atoms in total. The molecule has 0 aliphatic carbocycles. The Balaban J connectivity index is 4.13. The van der Waals surface area contributed by atoms with E-state index in [4.69, 9.17) is 5.11 Å². The Morgan fingerprint density at radius 2 is 2.06 bits per heavy atom. The molecule has 0 heterocycles. The third-order valence-corrected chi connectivity index (χ3v) is 2.99. The summed E-state index contributed by atoms with van der Waals surface area (Å²) in [5.74, 6) is -0.662. The lowest BCUT2D eigenvalue weighted by atomic mass is 9.97. The quantitative estimate of drug-likeness (QED) is 0.608. The van der Waals surface area contributed by atoms with E-state index in [9.17, 15) is 4.79 Å².